The van der Waals surface area contributed by atoms with Crippen LogP contribution in [0.5, 0.6) is 0 Å². The molecule has 0 saturated carbocycles. The van der Waals surface area contributed by atoms with Gasteiger partial charge in [0, 0.05) is 12.1 Å². The van der Waals surface area contributed by atoms with Crippen LogP contribution in [0, 0.1) is 0 Å². The Morgan fingerprint density at radius 1 is 1.10 bits per heavy atom. The molecular weight excluding hydrogens is 268 g/mol. The number of para-hydroxylation sites is 1. The van der Waals surface area contributed by atoms with Gasteiger partial charge in [-0.2, -0.15) is 0 Å². The van der Waals surface area contributed by atoms with Crippen molar-refractivity contribution < 1.29 is 0 Å². The van der Waals surface area contributed by atoms with Crippen LogP contribution in [-0.4, -0.2) is 17.8 Å². The van der Waals surface area contributed by atoms with Gasteiger partial charge in [0.15, 0.2) is 0 Å². The molecule has 1 unspecified atom stereocenters. The summed E-state index contributed by atoms with van der Waals surface area (Å²) in [6.45, 7) is 2.06. The number of benzene rings is 2. The molecule has 1 aliphatic rings. The Kier molecular flexibility index (Phi) is 3.49. The summed E-state index contributed by atoms with van der Waals surface area (Å²) in [7, 11) is 2.10. The molecule has 0 fully saturated rings. The monoisotopic (exact) mass is 284 g/mol. The highest BCUT2D eigenvalue weighted by Gasteiger charge is 2.22. The van der Waals surface area contributed by atoms with E-state index in [2.05, 4.69) is 49.2 Å². The van der Waals surface area contributed by atoms with Crippen LogP contribution in [0.3, 0.4) is 0 Å². The van der Waals surface area contributed by atoms with Crippen molar-refractivity contribution in [2.75, 3.05) is 7.05 Å². The average molecular weight is 285 g/mol. The summed E-state index contributed by atoms with van der Waals surface area (Å²) < 4.78 is 0. The fourth-order valence-corrected chi connectivity index (χ4v) is 2.77. The van der Waals surface area contributed by atoms with Gasteiger partial charge in [0.05, 0.1) is 11.7 Å². The molecule has 3 rings (SSSR count). The van der Waals surface area contributed by atoms with Crippen LogP contribution >= 0.6 is 11.6 Å². The number of hydrogen-bond donors (Lipinski definition) is 0. The molecule has 2 nitrogen and oxygen atoms in total. The summed E-state index contributed by atoms with van der Waals surface area (Å²) >= 11 is 5.99. The molecule has 0 bridgehead atoms. The van der Waals surface area contributed by atoms with Crippen molar-refractivity contribution in [3.8, 4) is 0 Å². The predicted octanol–water partition coefficient (Wildman–Crippen LogP) is 4.62. The Labute approximate surface area is 124 Å². The first-order valence-electron chi connectivity index (χ1n) is 6.76. The van der Waals surface area contributed by atoms with Gasteiger partial charge in [-0.15, -0.1) is 0 Å². The van der Waals surface area contributed by atoms with Crippen LogP contribution in [0.2, 0.25) is 5.02 Å². The molecule has 0 aliphatic carbocycles. The van der Waals surface area contributed by atoms with Crippen molar-refractivity contribution in [1.29, 1.82) is 0 Å². The zero-order valence-electron chi connectivity index (χ0n) is 11.7. The van der Waals surface area contributed by atoms with E-state index < -0.39 is 0 Å². The van der Waals surface area contributed by atoms with Crippen molar-refractivity contribution in [3.63, 3.8) is 0 Å². The van der Waals surface area contributed by atoms with E-state index in [0.717, 1.165) is 23.0 Å². The Balaban J connectivity index is 2.04. The minimum Gasteiger partial charge on any atom is -0.356 e. The minimum atomic E-state index is 0.291. The predicted molar refractivity (Wildman–Crippen MR) is 84.9 cm³/mol. The van der Waals surface area contributed by atoms with Gasteiger partial charge in [-0.3, -0.25) is 0 Å². The quantitative estimate of drug-likeness (QED) is 0.746. The maximum Gasteiger partial charge on any atom is 0.102 e. The van der Waals surface area contributed by atoms with Gasteiger partial charge < -0.3 is 4.90 Å². The van der Waals surface area contributed by atoms with E-state index >= 15 is 0 Å². The fourth-order valence-electron chi connectivity index (χ4n) is 2.64. The van der Waals surface area contributed by atoms with Crippen LogP contribution < -0.4 is 0 Å². The Bertz CT molecular complexity index is 646. The molecule has 3 heteroatoms. The highest BCUT2D eigenvalue weighted by atomic mass is 35.5. The summed E-state index contributed by atoms with van der Waals surface area (Å²) in [6.07, 6.45) is 0.954. The summed E-state index contributed by atoms with van der Waals surface area (Å²) in [4.78, 5) is 6.97. The molecule has 1 atom stereocenters. The lowest BCUT2D eigenvalue weighted by atomic mass is 9.97. The number of hydrogen-bond acceptors (Lipinski definition) is 2. The van der Waals surface area contributed by atoms with Gasteiger partial charge in [0.1, 0.15) is 5.84 Å². The molecule has 2 aromatic carbocycles. The third-order valence-electron chi connectivity index (χ3n) is 3.92. The second-order valence-electron chi connectivity index (χ2n) is 5.17. The Hall–Kier alpha value is -1.80. The van der Waals surface area contributed by atoms with Gasteiger partial charge in [-0.25, -0.2) is 4.99 Å². The maximum absolute atomic E-state index is 5.99. The number of halogens is 1. The Morgan fingerprint density at radius 2 is 1.80 bits per heavy atom. The van der Waals surface area contributed by atoms with Crippen LogP contribution in [0.4, 0.5) is 5.69 Å². The van der Waals surface area contributed by atoms with Crippen molar-refractivity contribution in [1.82, 2.24) is 4.90 Å². The molecule has 0 radical (unpaired) electrons. The van der Waals surface area contributed by atoms with Crippen molar-refractivity contribution in [2.24, 2.45) is 4.99 Å². The molecule has 20 heavy (non-hydrogen) atoms. The number of fused-ring (bicyclic) bond motifs is 1. The van der Waals surface area contributed by atoms with Gasteiger partial charge in [0.25, 0.3) is 0 Å². The van der Waals surface area contributed by atoms with Gasteiger partial charge in [-0.05, 0) is 42.7 Å². The normalized spacial score (nSPS) is 18.2. The molecule has 0 N–H and O–H groups in total. The largest absolute Gasteiger partial charge is 0.356 e. The number of amidine groups is 1. The molecule has 0 saturated heterocycles. The first-order chi connectivity index (χ1) is 9.65. The molecule has 2 aromatic rings. The van der Waals surface area contributed by atoms with Crippen molar-refractivity contribution in [2.45, 2.75) is 19.4 Å². The Morgan fingerprint density at radius 3 is 2.55 bits per heavy atom. The van der Waals surface area contributed by atoms with Gasteiger partial charge in [-0.1, -0.05) is 41.9 Å². The van der Waals surface area contributed by atoms with Crippen molar-refractivity contribution in [3.05, 3.63) is 64.7 Å². The second kappa shape index (κ2) is 5.29. The minimum absolute atomic E-state index is 0.291. The van der Waals surface area contributed by atoms with Gasteiger partial charge in [0.2, 0.25) is 0 Å². The van der Waals surface area contributed by atoms with Crippen LogP contribution in [-0.2, 0) is 6.42 Å². The highest BCUT2D eigenvalue weighted by Crippen LogP contribution is 2.33. The molecular formula is C17H17ClN2. The van der Waals surface area contributed by atoms with E-state index in [-0.39, 0.29) is 0 Å². The number of likely N-dealkylation sites (N-methyl/N-ethyl adjacent to an activating group) is 1. The fraction of sp³-hybridized carbons (Fsp3) is 0.235. The molecule has 102 valence electrons. The highest BCUT2D eigenvalue weighted by molar-refractivity contribution is 6.30. The van der Waals surface area contributed by atoms with E-state index in [1.165, 1.54) is 11.1 Å². The van der Waals surface area contributed by atoms with Crippen molar-refractivity contribution >= 4 is 23.1 Å². The number of nitrogens with zero attached hydrogens (tertiary/aromatic N) is 2. The summed E-state index contributed by atoms with van der Waals surface area (Å²) in [5.74, 6) is 1.04. The molecule has 1 aliphatic heterocycles. The lowest BCUT2D eigenvalue weighted by molar-refractivity contribution is 0.374. The average Bonchev–Trinajstić information content (AvgIpc) is 2.58. The first-order valence-corrected chi connectivity index (χ1v) is 7.14. The van der Waals surface area contributed by atoms with E-state index in [1.54, 1.807) is 0 Å². The third kappa shape index (κ3) is 2.44. The van der Waals surface area contributed by atoms with E-state index in [1.807, 2.05) is 18.2 Å². The zero-order valence-corrected chi connectivity index (χ0v) is 12.4. The van der Waals surface area contributed by atoms with E-state index in [0.29, 0.717) is 6.04 Å². The lowest BCUT2D eigenvalue weighted by Crippen LogP contribution is -2.29. The molecule has 1 heterocycles. The molecule has 0 amide bonds. The smallest absolute Gasteiger partial charge is 0.102 e. The maximum atomic E-state index is 5.99. The number of rotatable bonds is 1. The topological polar surface area (TPSA) is 15.6 Å². The summed E-state index contributed by atoms with van der Waals surface area (Å²) in [5, 5.41) is 0.774. The van der Waals surface area contributed by atoms with E-state index in [9.17, 15) is 0 Å². The second-order valence-corrected chi connectivity index (χ2v) is 5.61. The summed E-state index contributed by atoms with van der Waals surface area (Å²) in [5.41, 5.74) is 3.63. The lowest BCUT2D eigenvalue weighted by Gasteiger charge is -2.28. The number of aliphatic imine (C=N–C) groups is 1. The van der Waals surface area contributed by atoms with E-state index in [4.69, 9.17) is 16.6 Å². The van der Waals surface area contributed by atoms with Crippen LogP contribution in [0.25, 0.3) is 0 Å². The first kappa shape index (κ1) is 13.2. The summed E-state index contributed by atoms with van der Waals surface area (Å²) in [6, 6.07) is 16.8. The standard InChI is InChI=1S/C17H17ClN2/c1-12-19-16-6-4-3-5-14(16)11-17(20(12)2)13-7-9-15(18)10-8-13/h3-10,17H,11H2,1-2H3. The van der Waals surface area contributed by atoms with Crippen LogP contribution in [0.1, 0.15) is 24.1 Å². The molecule has 0 aromatic heterocycles. The third-order valence-corrected chi connectivity index (χ3v) is 4.17. The van der Waals surface area contributed by atoms with Gasteiger partial charge >= 0.3 is 0 Å². The SMILES string of the molecule is CC1=Nc2ccccc2CC(c2ccc(Cl)cc2)N1C. The molecule has 0 spiro atoms. The van der Waals surface area contributed by atoms with Crippen LogP contribution in [0.15, 0.2) is 53.5 Å². The zero-order chi connectivity index (χ0) is 14.1.